The fraction of sp³-hybridized carbons (Fsp3) is 0.600. The number of benzene rings is 1. The monoisotopic (exact) mass is 346 g/mol. The highest BCUT2D eigenvalue weighted by molar-refractivity contribution is 5.94. The van der Waals surface area contributed by atoms with E-state index in [0.717, 1.165) is 31.4 Å². The average molecular weight is 346 g/mol. The van der Waals surface area contributed by atoms with Crippen LogP contribution >= 0.6 is 0 Å². The van der Waals surface area contributed by atoms with E-state index in [4.69, 9.17) is 0 Å². The number of likely N-dealkylation sites (tertiary alicyclic amines) is 1. The van der Waals surface area contributed by atoms with Crippen LogP contribution in [0.1, 0.15) is 62.4 Å². The summed E-state index contributed by atoms with van der Waals surface area (Å²) in [5, 5.41) is 12.1. The van der Waals surface area contributed by atoms with Crippen molar-refractivity contribution in [2.75, 3.05) is 13.2 Å². The molecular weight excluding hydrogens is 316 g/mol. The maximum Gasteiger partial charge on any atom is 0.254 e. The number of rotatable bonds is 5. The van der Waals surface area contributed by atoms with Crippen LogP contribution in [0.5, 0.6) is 0 Å². The Morgan fingerprint density at radius 3 is 2.48 bits per heavy atom. The van der Waals surface area contributed by atoms with Crippen molar-refractivity contribution in [3.8, 4) is 0 Å². The summed E-state index contributed by atoms with van der Waals surface area (Å²) in [7, 11) is 0. The van der Waals surface area contributed by atoms with Crippen molar-refractivity contribution in [3.05, 3.63) is 35.4 Å². The quantitative estimate of drug-likeness (QED) is 0.861. The van der Waals surface area contributed by atoms with Gasteiger partial charge in [0.1, 0.15) is 0 Å². The minimum atomic E-state index is -0.411. The van der Waals surface area contributed by atoms with E-state index in [1.165, 1.54) is 0 Å². The highest BCUT2D eigenvalue weighted by Crippen LogP contribution is 2.22. The third-order valence-electron chi connectivity index (χ3n) is 4.69. The van der Waals surface area contributed by atoms with Crippen LogP contribution in [0.2, 0.25) is 0 Å². The van der Waals surface area contributed by atoms with E-state index in [0.29, 0.717) is 18.5 Å². The molecule has 2 amide bonds. The Morgan fingerprint density at radius 1 is 1.20 bits per heavy atom. The molecule has 2 N–H and O–H groups in total. The number of amides is 2. The lowest BCUT2D eigenvalue weighted by Gasteiger charge is -2.35. The van der Waals surface area contributed by atoms with Gasteiger partial charge in [-0.1, -0.05) is 32.9 Å². The molecule has 1 aliphatic heterocycles. The molecule has 25 heavy (non-hydrogen) atoms. The molecule has 0 aliphatic carbocycles. The molecule has 138 valence electrons. The zero-order chi connectivity index (χ0) is 18.4. The minimum absolute atomic E-state index is 0.00724. The molecule has 2 rings (SSSR count). The van der Waals surface area contributed by atoms with Crippen molar-refractivity contribution < 1.29 is 14.7 Å². The Labute approximate surface area is 150 Å². The first kappa shape index (κ1) is 19.4. The van der Waals surface area contributed by atoms with Gasteiger partial charge < -0.3 is 15.3 Å². The molecule has 1 aliphatic rings. The first-order valence-corrected chi connectivity index (χ1v) is 9.12. The SMILES string of the molecule is CC(C)(C)C(=O)NCc1ccc(C(=O)N2CCCC[C@H]2CCO)cc1. The third-order valence-corrected chi connectivity index (χ3v) is 4.69. The van der Waals surface area contributed by atoms with Crippen molar-refractivity contribution in [2.45, 2.75) is 59.0 Å². The van der Waals surface area contributed by atoms with Crippen molar-refractivity contribution in [1.82, 2.24) is 10.2 Å². The van der Waals surface area contributed by atoms with Gasteiger partial charge in [-0.05, 0) is 43.4 Å². The molecule has 0 saturated carbocycles. The molecule has 0 aromatic heterocycles. The van der Waals surface area contributed by atoms with E-state index in [1.807, 2.05) is 49.9 Å². The van der Waals surface area contributed by atoms with Crippen molar-refractivity contribution in [2.24, 2.45) is 5.41 Å². The summed E-state index contributed by atoms with van der Waals surface area (Å²) in [6.07, 6.45) is 3.73. The smallest absolute Gasteiger partial charge is 0.254 e. The molecule has 0 spiro atoms. The normalized spacial score (nSPS) is 18.1. The van der Waals surface area contributed by atoms with Crippen LogP contribution in [-0.4, -0.2) is 41.0 Å². The Bertz CT molecular complexity index is 588. The summed E-state index contributed by atoms with van der Waals surface area (Å²) in [5.74, 6) is 0.0382. The molecule has 1 aromatic rings. The zero-order valence-corrected chi connectivity index (χ0v) is 15.5. The molecule has 1 aromatic carbocycles. The fourth-order valence-electron chi connectivity index (χ4n) is 3.10. The second-order valence-electron chi connectivity index (χ2n) is 7.79. The summed E-state index contributed by atoms with van der Waals surface area (Å²) in [5.41, 5.74) is 1.22. The highest BCUT2D eigenvalue weighted by Gasteiger charge is 2.27. The molecule has 1 fully saturated rings. The second kappa shape index (κ2) is 8.48. The predicted octanol–water partition coefficient (Wildman–Crippen LogP) is 2.73. The number of carbonyl (C=O) groups excluding carboxylic acids is 2. The number of hydrogen-bond donors (Lipinski definition) is 2. The van der Waals surface area contributed by atoms with Crippen LogP contribution < -0.4 is 5.32 Å². The van der Waals surface area contributed by atoms with Crippen molar-refractivity contribution >= 4 is 11.8 Å². The molecule has 5 heteroatoms. The summed E-state index contributed by atoms with van der Waals surface area (Å²) in [4.78, 5) is 26.6. The van der Waals surface area contributed by atoms with Gasteiger partial charge in [0, 0.05) is 36.7 Å². The third kappa shape index (κ3) is 5.30. The van der Waals surface area contributed by atoms with E-state index >= 15 is 0 Å². The maximum atomic E-state index is 12.8. The summed E-state index contributed by atoms with van der Waals surface area (Å²) in [6, 6.07) is 7.57. The van der Waals surface area contributed by atoms with Crippen LogP contribution in [0.15, 0.2) is 24.3 Å². The first-order valence-electron chi connectivity index (χ1n) is 9.12. The molecule has 1 heterocycles. The second-order valence-corrected chi connectivity index (χ2v) is 7.79. The number of aliphatic hydroxyl groups is 1. The lowest BCUT2D eigenvalue weighted by molar-refractivity contribution is -0.128. The van der Waals surface area contributed by atoms with Gasteiger partial charge in [0.05, 0.1) is 0 Å². The predicted molar refractivity (Wildman–Crippen MR) is 98.1 cm³/mol. The standard InChI is InChI=1S/C20H30N2O3/c1-20(2,3)19(25)21-14-15-7-9-16(10-8-15)18(24)22-12-5-4-6-17(22)11-13-23/h7-10,17,23H,4-6,11-14H2,1-3H3,(H,21,25)/t17-/m0/s1. The molecule has 1 saturated heterocycles. The van der Waals surface area contributed by atoms with Crippen molar-refractivity contribution in [1.29, 1.82) is 0 Å². The van der Waals surface area contributed by atoms with Crippen LogP contribution in [0.4, 0.5) is 0 Å². The van der Waals surface area contributed by atoms with Crippen LogP contribution in [0.25, 0.3) is 0 Å². The maximum absolute atomic E-state index is 12.8. The lowest BCUT2D eigenvalue weighted by atomic mass is 9.95. The van der Waals surface area contributed by atoms with Crippen LogP contribution in [0.3, 0.4) is 0 Å². The lowest BCUT2D eigenvalue weighted by Crippen LogP contribution is -2.44. The Balaban J connectivity index is 1.98. The Kier molecular flexibility index (Phi) is 6.59. The van der Waals surface area contributed by atoms with Gasteiger partial charge in [0.25, 0.3) is 5.91 Å². The Morgan fingerprint density at radius 2 is 1.88 bits per heavy atom. The summed E-state index contributed by atoms with van der Waals surface area (Å²) in [6.45, 7) is 6.97. The van der Waals surface area contributed by atoms with Gasteiger partial charge in [-0.2, -0.15) is 0 Å². The molecule has 0 bridgehead atoms. The topological polar surface area (TPSA) is 69.6 Å². The number of piperidine rings is 1. The molecule has 0 unspecified atom stereocenters. The molecule has 5 nitrogen and oxygen atoms in total. The largest absolute Gasteiger partial charge is 0.396 e. The fourth-order valence-corrected chi connectivity index (χ4v) is 3.10. The minimum Gasteiger partial charge on any atom is -0.396 e. The van der Waals surface area contributed by atoms with Crippen LogP contribution in [-0.2, 0) is 11.3 Å². The van der Waals surface area contributed by atoms with Crippen molar-refractivity contribution in [3.63, 3.8) is 0 Å². The van der Waals surface area contributed by atoms with Gasteiger partial charge in [-0.15, -0.1) is 0 Å². The van der Waals surface area contributed by atoms with E-state index in [2.05, 4.69) is 5.32 Å². The van der Waals surface area contributed by atoms with Gasteiger partial charge in [-0.25, -0.2) is 0 Å². The number of aliphatic hydroxyl groups excluding tert-OH is 1. The Hall–Kier alpha value is -1.88. The van der Waals surface area contributed by atoms with Gasteiger partial charge in [-0.3, -0.25) is 9.59 Å². The highest BCUT2D eigenvalue weighted by atomic mass is 16.3. The number of nitrogens with zero attached hydrogens (tertiary/aromatic N) is 1. The van der Waals surface area contributed by atoms with E-state index in [1.54, 1.807) is 0 Å². The number of hydrogen-bond acceptors (Lipinski definition) is 3. The molecule has 0 radical (unpaired) electrons. The summed E-state index contributed by atoms with van der Waals surface area (Å²) >= 11 is 0. The van der Waals surface area contributed by atoms with Crippen LogP contribution in [0, 0.1) is 5.41 Å². The first-order chi connectivity index (χ1) is 11.8. The number of carbonyl (C=O) groups is 2. The van der Waals surface area contributed by atoms with E-state index < -0.39 is 5.41 Å². The number of nitrogens with one attached hydrogen (secondary N) is 1. The zero-order valence-electron chi connectivity index (χ0n) is 15.5. The van der Waals surface area contributed by atoms with Gasteiger partial charge in [0.15, 0.2) is 0 Å². The molecular formula is C20H30N2O3. The average Bonchev–Trinajstić information content (AvgIpc) is 2.59. The molecule has 1 atom stereocenters. The van der Waals surface area contributed by atoms with Gasteiger partial charge >= 0.3 is 0 Å². The van der Waals surface area contributed by atoms with E-state index in [-0.39, 0.29) is 24.5 Å². The summed E-state index contributed by atoms with van der Waals surface area (Å²) < 4.78 is 0. The van der Waals surface area contributed by atoms with E-state index in [9.17, 15) is 14.7 Å². The van der Waals surface area contributed by atoms with Gasteiger partial charge in [0.2, 0.25) is 5.91 Å².